The van der Waals surface area contributed by atoms with Gasteiger partial charge in [0.05, 0.1) is 0 Å². The lowest BCUT2D eigenvalue weighted by molar-refractivity contribution is 0.173. The smallest absolute Gasteiger partial charge is 0.000966 e. The molecule has 1 fully saturated rings. The average Bonchev–Trinajstić information content (AvgIpc) is 2.61. The van der Waals surface area contributed by atoms with E-state index in [1.54, 1.807) is 5.56 Å². The molecule has 1 aromatic rings. The van der Waals surface area contributed by atoms with E-state index in [0.29, 0.717) is 0 Å². The van der Waals surface area contributed by atoms with Crippen molar-refractivity contribution in [1.29, 1.82) is 0 Å². The van der Waals surface area contributed by atoms with Crippen molar-refractivity contribution in [1.82, 2.24) is 10.2 Å². The van der Waals surface area contributed by atoms with Gasteiger partial charge in [0.2, 0.25) is 0 Å². The molecule has 1 N–H and O–H groups in total. The molecule has 24 heavy (non-hydrogen) atoms. The highest BCUT2D eigenvalue weighted by atomic mass is 15.1. The Morgan fingerprint density at radius 1 is 1.04 bits per heavy atom. The molecule has 2 nitrogen and oxygen atoms in total. The first kappa shape index (κ1) is 19.5. The fourth-order valence-corrected chi connectivity index (χ4v) is 4.18. The summed E-state index contributed by atoms with van der Waals surface area (Å²) in [6.07, 6.45) is 9.28. The van der Waals surface area contributed by atoms with Gasteiger partial charge in [-0.25, -0.2) is 0 Å². The van der Waals surface area contributed by atoms with Crippen LogP contribution in [0.25, 0.3) is 0 Å². The summed E-state index contributed by atoms with van der Waals surface area (Å²) in [5, 5.41) is 3.23. The van der Waals surface area contributed by atoms with Gasteiger partial charge in [0, 0.05) is 6.54 Å². The molecule has 0 atom stereocenters. The van der Waals surface area contributed by atoms with E-state index in [1.807, 2.05) is 7.05 Å². The molecular formula is C22H38N2. The maximum atomic E-state index is 3.23. The second-order valence-electron chi connectivity index (χ2n) is 7.61. The molecule has 0 bridgehead atoms. The third kappa shape index (κ3) is 6.22. The van der Waals surface area contributed by atoms with Gasteiger partial charge in [-0.15, -0.1) is 0 Å². The van der Waals surface area contributed by atoms with Gasteiger partial charge in [-0.2, -0.15) is 0 Å². The van der Waals surface area contributed by atoms with Gasteiger partial charge in [-0.3, -0.25) is 0 Å². The summed E-state index contributed by atoms with van der Waals surface area (Å²) >= 11 is 0. The lowest BCUT2D eigenvalue weighted by Gasteiger charge is -2.34. The minimum Gasteiger partial charge on any atom is -0.319 e. The maximum absolute atomic E-state index is 3.23. The van der Waals surface area contributed by atoms with E-state index in [0.717, 1.165) is 24.8 Å². The van der Waals surface area contributed by atoms with E-state index in [9.17, 15) is 0 Å². The normalized spacial score (nSPS) is 16.8. The number of nitrogens with zero attached hydrogens (tertiary/aromatic N) is 1. The number of benzene rings is 1. The first-order chi connectivity index (χ1) is 11.8. The van der Waals surface area contributed by atoms with E-state index >= 15 is 0 Å². The lowest BCUT2D eigenvalue weighted by atomic mass is 9.88. The highest BCUT2D eigenvalue weighted by Gasteiger charge is 2.22. The van der Waals surface area contributed by atoms with Crippen molar-refractivity contribution in [3.8, 4) is 0 Å². The molecule has 1 aliphatic rings. The molecule has 2 heteroatoms. The third-order valence-electron chi connectivity index (χ3n) is 5.61. The Kier molecular flexibility index (Phi) is 8.83. The van der Waals surface area contributed by atoms with Crippen molar-refractivity contribution in [2.75, 3.05) is 33.2 Å². The van der Waals surface area contributed by atoms with Gasteiger partial charge < -0.3 is 10.2 Å². The average molecular weight is 331 g/mol. The predicted octanol–water partition coefficient (Wildman–Crippen LogP) is 4.84. The van der Waals surface area contributed by atoms with Crippen LogP contribution in [0.15, 0.2) is 24.3 Å². The summed E-state index contributed by atoms with van der Waals surface area (Å²) < 4.78 is 0. The number of rotatable bonds is 10. The van der Waals surface area contributed by atoms with Crippen LogP contribution in [0, 0.1) is 5.92 Å². The fraction of sp³-hybridized carbons (Fsp3) is 0.727. The molecule has 1 aromatic carbocycles. The van der Waals surface area contributed by atoms with Gasteiger partial charge in [-0.05, 0) is 81.7 Å². The molecule has 0 amide bonds. The molecule has 0 saturated carbocycles. The molecule has 1 heterocycles. The van der Waals surface area contributed by atoms with E-state index in [1.165, 1.54) is 63.7 Å². The summed E-state index contributed by atoms with van der Waals surface area (Å²) in [6.45, 7) is 9.63. The maximum Gasteiger partial charge on any atom is 0.000966 e. The number of nitrogens with one attached hydrogen (secondary N) is 1. The molecule has 1 aliphatic heterocycles. The molecule has 2 rings (SSSR count). The van der Waals surface area contributed by atoms with E-state index in [-0.39, 0.29) is 0 Å². The first-order valence-electron chi connectivity index (χ1n) is 10.2. The third-order valence-corrected chi connectivity index (χ3v) is 5.61. The highest BCUT2D eigenvalue weighted by molar-refractivity contribution is 5.26. The van der Waals surface area contributed by atoms with Crippen LogP contribution in [0.1, 0.15) is 69.4 Å². The van der Waals surface area contributed by atoms with Gasteiger partial charge in [-0.1, -0.05) is 51.0 Å². The summed E-state index contributed by atoms with van der Waals surface area (Å²) in [6, 6.07) is 9.42. The lowest BCUT2D eigenvalue weighted by Crippen LogP contribution is -2.36. The number of likely N-dealkylation sites (N-methyl/N-ethyl adjacent to an activating group) is 1. The molecule has 0 unspecified atom stereocenters. The van der Waals surface area contributed by atoms with Gasteiger partial charge in [0.1, 0.15) is 0 Å². The van der Waals surface area contributed by atoms with Crippen molar-refractivity contribution in [2.45, 2.75) is 64.7 Å². The van der Waals surface area contributed by atoms with Crippen molar-refractivity contribution in [3.05, 3.63) is 35.4 Å². The summed E-state index contributed by atoms with van der Waals surface area (Å²) in [4.78, 5) is 2.73. The molecule has 0 aromatic heterocycles. The molecular weight excluding hydrogens is 292 g/mol. The Morgan fingerprint density at radius 2 is 1.67 bits per heavy atom. The first-order valence-corrected chi connectivity index (χ1v) is 10.2. The highest BCUT2D eigenvalue weighted by Crippen LogP contribution is 2.29. The molecule has 0 radical (unpaired) electrons. The second kappa shape index (κ2) is 10.9. The summed E-state index contributed by atoms with van der Waals surface area (Å²) in [7, 11) is 2.02. The Bertz CT molecular complexity index is 426. The van der Waals surface area contributed by atoms with Crippen LogP contribution >= 0.6 is 0 Å². The minimum atomic E-state index is 0.774. The summed E-state index contributed by atoms with van der Waals surface area (Å²) in [5.74, 6) is 1.69. The minimum absolute atomic E-state index is 0.774. The zero-order valence-corrected chi connectivity index (χ0v) is 16.2. The largest absolute Gasteiger partial charge is 0.319 e. The van der Waals surface area contributed by atoms with Crippen molar-refractivity contribution in [2.24, 2.45) is 5.92 Å². The van der Waals surface area contributed by atoms with Gasteiger partial charge in [0.15, 0.2) is 0 Å². The van der Waals surface area contributed by atoms with Crippen LogP contribution in [0.5, 0.6) is 0 Å². The SMILES string of the molecule is CCCC(CCC)CN1CCC(c2ccc(CCNC)cc2)CC1. The van der Waals surface area contributed by atoms with E-state index in [4.69, 9.17) is 0 Å². The molecule has 0 aliphatic carbocycles. The fourth-order valence-electron chi connectivity index (χ4n) is 4.18. The zero-order valence-electron chi connectivity index (χ0n) is 16.2. The van der Waals surface area contributed by atoms with Crippen LogP contribution in [0.3, 0.4) is 0 Å². The molecule has 1 saturated heterocycles. The van der Waals surface area contributed by atoms with Crippen molar-refractivity contribution < 1.29 is 0 Å². The Morgan fingerprint density at radius 3 is 2.21 bits per heavy atom. The summed E-state index contributed by atoms with van der Waals surface area (Å²) in [5.41, 5.74) is 3.01. The number of likely N-dealkylation sites (tertiary alicyclic amines) is 1. The van der Waals surface area contributed by atoms with E-state index < -0.39 is 0 Å². The van der Waals surface area contributed by atoms with Gasteiger partial charge in [0.25, 0.3) is 0 Å². The number of hydrogen-bond acceptors (Lipinski definition) is 2. The Labute approximate surface area is 150 Å². The van der Waals surface area contributed by atoms with Crippen LogP contribution < -0.4 is 5.32 Å². The Hall–Kier alpha value is -0.860. The quantitative estimate of drug-likeness (QED) is 0.660. The van der Waals surface area contributed by atoms with Crippen molar-refractivity contribution in [3.63, 3.8) is 0 Å². The van der Waals surface area contributed by atoms with Crippen LogP contribution in [0.4, 0.5) is 0 Å². The zero-order chi connectivity index (χ0) is 17.2. The van der Waals surface area contributed by atoms with E-state index in [2.05, 4.69) is 48.3 Å². The van der Waals surface area contributed by atoms with Crippen LogP contribution in [0.2, 0.25) is 0 Å². The number of hydrogen-bond donors (Lipinski definition) is 1. The Balaban J connectivity index is 1.79. The topological polar surface area (TPSA) is 15.3 Å². The predicted molar refractivity (Wildman–Crippen MR) is 106 cm³/mol. The molecule has 136 valence electrons. The molecule has 0 spiro atoms. The monoisotopic (exact) mass is 330 g/mol. The van der Waals surface area contributed by atoms with Crippen LogP contribution in [-0.2, 0) is 6.42 Å². The number of piperidine rings is 1. The van der Waals surface area contributed by atoms with Gasteiger partial charge >= 0.3 is 0 Å². The standard InChI is InChI=1S/C22H38N2/c1-4-6-20(7-5-2)18-24-16-13-22(14-17-24)21-10-8-19(9-11-21)12-15-23-3/h8-11,20,22-23H,4-7,12-18H2,1-3H3. The van der Waals surface area contributed by atoms with Crippen LogP contribution in [-0.4, -0.2) is 38.1 Å². The van der Waals surface area contributed by atoms with Crippen molar-refractivity contribution >= 4 is 0 Å². The second-order valence-corrected chi connectivity index (χ2v) is 7.61.